The normalized spacial score (nSPS) is 10.2. The molecule has 0 aliphatic heterocycles. The Bertz CT molecular complexity index is 813. The Labute approximate surface area is 148 Å². The van der Waals surface area contributed by atoms with Gasteiger partial charge in [-0.05, 0) is 31.0 Å². The van der Waals surface area contributed by atoms with Crippen LogP contribution in [0, 0.1) is 20.2 Å². The van der Waals surface area contributed by atoms with Crippen LogP contribution in [0.4, 0.5) is 22.7 Å². The van der Waals surface area contributed by atoms with Crippen molar-refractivity contribution in [1.29, 1.82) is 0 Å². The van der Waals surface area contributed by atoms with Crippen LogP contribution in [0.5, 0.6) is 0 Å². The highest BCUT2D eigenvalue weighted by molar-refractivity contribution is 5.94. The number of benzene rings is 2. The van der Waals surface area contributed by atoms with E-state index in [0.29, 0.717) is 5.69 Å². The van der Waals surface area contributed by atoms with E-state index < -0.39 is 27.2 Å². The monoisotopic (exact) mass is 359 g/mol. The number of hydrogen-bond acceptors (Lipinski definition) is 7. The molecule has 0 aliphatic rings. The quantitative estimate of drug-likeness (QED) is 0.450. The van der Waals surface area contributed by atoms with Gasteiger partial charge in [-0.25, -0.2) is 4.79 Å². The second-order valence-corrected chi connectivity index (χ2v) is 5.30. The van der Waals surface area contributed by atoms with Crippen molar-refractivity contribution in [2.24, 2.45) is 0 Å². The molecule has 2 rings (SSSR count). The molecular formula is C17H17N3O6. The highest BCUT2D eigenvalue weighted by Crippen LogP contribution is 2.38. The van der Waals surface area contributed by atoms with Crippen LogP contribution < -0.4 is 5.32 Å². The number of nitro benzene ring substituents is 2. The van der Waals surface area contributed by atoms with Gasteiger partial charge in [0, 0.05) is 17.8 Å². The van der Waals surface area contributed by atoms with Gasteiger partial charge in [-0.3, -0.25) is 20.2 Å². The lowest BCUT2D eigenvalue weighted by Gasteiger charge is -2.10. The first-order chi connectivity index (χ1) is 12.4. The third kappa shape index (κ3) is 4.12. The van der Waals surface area contributed by atoms with Crippen LogP contribution in [-0.2, 0) is 11.2 Å². The molecular weight excluding hydrogens is 342 g/mol. The molecule has 9 heteroatoms. The fourth-order valence-corrected chi connectivity index (χ4v) is 2.33. The van der Waals surface area contributed by atoms with Crippen molar-refractivity contribution in [2.75, 3.05) is 11.9 Å². The first-order valence-electron chi connectivity index (χ1n) is 7.87. The number of esters is 1. The van der Waals surface area contributed by atoms with Crippen molar-refractivity contribution in [2.45, 2.75) is 20.3 Å². The molecule has 1 N–H and O–H groups in total. The summed E-state index contributed by atoms with van der Waals surface area (Å²) in [5.74, 6) is -0.863. The fraction of sp³-hybridized carbons (Fsp3) is 0.235. The SMILES string of the molecule is CCOC(=O)c1cc([N+](=O)[O-])c(Nc2ccc(CC)cc2)c([N+](=O)[O-])c1. The van der Waals surface area contributed by atoms with Gasteiger partial charge >= 0.3 is 17.3 Å². The standard InChI is InChI=1S/C17H17N3O6/c1-3-11-5-7-13(8-6-11)18-16-14(19(22)23)9-12(17(21)26-4-2)10-15(16)20(24)25/h5-10,18H,3-4H2,1-2H3. The number of nitrogens with zero attached hydrogens (tertiary/aromatic N) is 2. The van der Waals surface area contributed by atoms with E-state index >= 15 is 0 Å². The Balaban J connectivity index is 2.56. The molecule has 0 radical (unpaired) electrons. The summed E-state index contributed by atoms with van der Waals surface area (Å²) in [6.07, 6.45) is 0.814. The average Bonchev–Trinajstić information content (AvgIpc) is 2.62. The van der Waals surface area contributed by atoms with E-state index in [9.17, 15) is 25.0 Å². The zero-order chi connectivity index (χ0) is 19.3. The Morgan fingerprint density at radius 1 is 1.04 bits per heavy atom. The number of nitro groups is 2. The van der Waals surface area contributed by atoms with Gasteiger partial charge in [0.15, 0.2) is 5.69 Å². The highest BCUT2D eigenvalue weighted by Gasteiger charge is 2.29. The number of hydrogen-bond donors (Lipinski definition) is 1. The summed E-state index contributed by atoms with van der Waals surface area (Å²) in [7, 11) is 0. The highest BCUT2D eigenvalue weighted by atomic mass is 16.6. The topological polar surface area (TPSA) is 125 Å². The third-order valence-electron chi connectivity index (χ3n) is 3.63. The van der Waals surface area contributed by atoms with Crippen LogP contribution in [0.25, 0.3) is 0 Å². The summed E-state index contributed by atoms with van der Waals surface area (Å²) in [6, 6.07) is 8.90. The Hall–Kier alpha value is -3.49. The minimum absolute atomic E-state index is 0.0458. The van der Waals surface area contributed by atoms with Crippen LogP contribution in [0.15, 0.2) is 36.4 Å². The van der Waals surface area contributed by atoms with E-state index in [1.807, 2.05) is 19.1 Å². The molecule has 2 aromatic rings. The maximum Gasteiger partial charge on any atom is 0.338 e. The molecule has 0 bridgehead atoms. The molecule has 0 aliphatic carbocycles. The van der Waals surface area contributed by atoms with Gasteiger partial charge in [0.05, 0.1) is 22.0 Å². The average molecular weight is 359 g/mol. The predicted molar refractivity (Wildman–Crippen MR) is 94.8 cm³/mol. The van der Waals surface area contributed by atoms with Crippen LogP contribution in [-0.4, -0.2) is 22.4 Å². The molecule has 26 heavy (non-hydrogen) atoms. The molecule has 0 spiro atoms. The van der Waals surface area contributed by atoms with Gasteiger partial charge in [-0.1, -0.05) is 19.1 Å². The predicted octanol–water partition coefficient (Wildman–Crippen LogP) is 3.99. The number of aryl methyl sites for hydroxylation is 1. The van der Waals surface area contributed by atoms with Crippen LogP contribution in [0.1, 0.15) is 29.8 Å². The van der Waals surface area contributed by atoms with Gasteiger partial charge in [0.25, 0.3) is 0 Å². The van der Waals surface area contributed by atoms with Gasteiger partial charge < -0.3 is 10.1 Å². The number of anilines is 2. The van der Waals surface area contributed by atoms with Gasteiger partial charge in [-0.15, -0.1) is 0 Å². The molecule has 0 atom stereocenters. The summed E-state index contributed by atoms with van der Waals surface area (Å²) in [4.78, 5) is 33.1. The largest absolute Gasteiger partial charge is 0.462 e. The Morgan fingerprint density at radius 2 is 1.58 bits per heavy atom. The molecule has 136 valence electrons. The molecule has 9 nitrogen and oxygen atoms in total. The lowest BCUT2D eigenvalue weighted by atomic mass is 10.1. The number of carbonyl (C=O) groups is 1. The number of ether oxygens (including phenoxy) is 1. The maximum atomic E-state index is 11.8. The third-order valence-corrected chi connectivity index (χ3v) is 3.63. The molecule has 0 heterocycles. The first kappa shape index (κ1) is 18.8. The van der Waals surface area contributed by atoms with E-state index in [-0.39, 0.29) is 17.9 Å². The van der Waals surface area contributed by atoms with Crippen LogP contribution >= 0.6 is 0 Å². The summed E-state index contributed by atoms with van der Waals surface area (Å²) in [5, 5.41) is 25.5. The van der Waals surface area contributed by atoms with Crippen molar-refractivity contribution >= 4 is 28.7 Å². The fourth-order valence-electron chi connectivity index (χ4n) is 2.33. The van der Waals surface area contributed by atoms with Crippen molar-refractivity contribution in [3.05, 3.63) is 67.8 Å². The summed E-state index contributed by atoms with van der Waals surface area (Å²) in [6.45, 7) is 3.59. The minimum Gasteiger partial charge on any atom is -0.462 e. The van der Waals surface area contributed by atoms with E-state index in [4.69, 9.17) is 4.74 Å². The summed E-state index contributed by atoms with van der Waals surface area (Å²) in [5.41, 5.74) is -0.201. The molecule has 0 saturated heterocycles. The van der Waals surface area contributed by atoms with E-state index in [1.165, 1.54) is 0 Å². The lowest BCUT2D eigenvalue weighted by molar-refractivity contribution is -0.392. The summed E-state index contributed by atoms with van der Waals surface area (Å²) >= 11 is 0. The van der Waals surface area contributed by atoms with Crippen LogP contribution in [0.2, 0.25) is 0 Å². The Kier molecular flexibility index (Phi) is 5.84. The second-order valence-electron chi connectivity index (χ2n) is 5.30. The maximum absolute atomic E-state index is 11.8. The molecule has 0 amide bonds. The smallest absolute Gasteiger partial charge is 0.338 e. The minimum atomic E-state index is -0.863. The van der Waals surface area contributed by atoms with E-state index in [0.717, 1.165) is 24.1 Å². The van der Waals surface area contributed by atoms with Crippen molar-refractivity contribution in [3.8, 4) is 0 Å². The molecule has 0 fully saturated rings. The zero-order valence-electron chi connectivity index (χ0n) is 14.2. The molecule has 0 unspecified atom stereocenters. The number of rotatable bonds is 7. The van der Waals surface area contributed by atoms with E-state index in [1.54, 1.807) is 19.1 Å². The van der Waals surface area contributed by atoms with Crippen LogP contribution in [0.3, 0.4) is 0 Å². The Morgan fingerprint density at radius 3 is 2.00 bits per heavy atom. The van der Waals surface area contributed by atoms with Gasteiger partial charge in [0.1, 0.15) is 0 Å². The molecule has 2 aromatic carbocycles. The summed E-state index contributed by atoms with van der Waals surface area (Å²) < 4.78 is 4.78. The number of carbonyl (C=O) groups excluding carboxylic acids is 1. The van der Waals surface area contributed by atoms with Gasteiger partial charge in [0.2, 0.25) is 0 Å². The zero-order valence-corrected chi connectivity index (χ0v) is 14.2. The van der Waals surface area contributed by atoms with Crippen molar-refractivity contribution < 1.29 is 19.4 Å². The first-order valence-corrected chi connectivity index (χ1v) is 7.87. The second kappa shape index (κ2) is 8.06. The van der Waals surface area contributed by atoms with E-state index in [2.05, 4.69) is 5.32 Å². The number of nitrogens with one attached hydrogen (secondary N) is 1. The van der Waals surface area contributed by atoms with Crippen molar-refractivity contribution in [3.63, 3.8) is 0 Å². The van der Waals surface area contributed by atoms with Crippen molar-refractivity contribution in [1.82, 2.24) is 0 Å². The molecule has 0 aromatic heterocycles. The molecule has 0 saturated carbocycles. The lowest BCUT2D eigenvalue weighted by Crippen LogP contribution is -2.08. The van der Waals surface area contributed by atoms with Gasteiger partial charge in [-0.2, -0.15) is 0 Å².